The Labute approximate surface area is 177 Å². The number of morpholine rings is 1. The zero-order chi connectivity index (χ0) is 22.4. The van der Waals surface area contributed by atoms with Crippen molar-refractivity contribution in [1.29, 1.82) is 0 Å². The van der Waals surface area contributed by atoms with Crippen molar-refractivity contribution in [3.8, 4) is 5.75 Å². The number of hydrogen-bond donors (Lipinski definition) is 1. The summed E-state index contributed by atoms with van der Waals surface area (Å²) in [7, 11) is 1.47. The maximum absolute atomic E-state index is 12.8. The number of ether oxygens (including phenoxy) is 3. The molecule has 0 aliphatic carbocycles. The number of hydrogen-bond acceptors (Lipinski definition) is 6. The lowest BCUT2D eigenvalue weighted by Gasteiger charge is -2.36. The van der Waals surface area contributed by atoms with Crippen LogP contribution < -0.4 is 10.1 Å². The lowest BCUT2D eigenvalue weighted by molar-refractivity contribution is -0.166. The van der Waals surface area contributed by atoms with E-state index in [2.05, 4.69) is 5.32 Å². The molecule has 0 radical (unpaired) electrons. The van der Waals surface area contributed by atoms with Crippen molar-refractivity contribution in [3.63, 3.8) is 0 Å². The highest BCUT2D eigenvalue weighted by atomic mass is 16.6. The molecule has 1 aliphatic heterocycles. The van der Waals surface area contributed by atoms with Crippen LogP contribution in [0.3, 0.4) is 0 Å². The van der Waals surface area contributed by atoms with E-state index < -0.39 is 24.0 Å². The minimum atomic E-state index is -0.959. The van der Waals surface area contributed by atoms with Crippen LogP contribution in [0.5, 0.6) is 5.75 Å². The number of amides is 2. The second-order valence-electron chi connectivity index (χ2n) is 7.98. The molecular weight excluding hydrogens is 388 g/mol. The van der Waals surface area contributed by atoms with E-state index in [0.717, 1.165) is 0 Å². The van der Waals surface area contributed by atoms with Crippen LogP contribution in [0.1, 0.15) is 45.0 Å². The number of nitrogens with one attached hydrogen (secondary N) is 1. The summed E-state index contributed by atoms with van der Waals surface area (Å²) in [6.45, 7) is 9.83. The van der Waals surface area contributed by atoms with Gasteiger partial charge >= 0.3 is 5.97 Å². The van der Waals surface area contributed by atoms with E-state index in [1.807, 2.05) is 13.8 Å². The van der Waals surface area contributed by atoms with Gasteiger partial charge in [0.05, 0.1) is 24.9 Å². The zero-order valence-corrected chi connectivity index (χ0v) is 18.5. The van der Waals surface area contributed by atoms with Crippen LogP contribution in [-0.4, -0.2) is 67.2 Å². The lowest BCUT2D eigenvalue weighted by atomic mass is 10.0. The predicted octanol–water partition coefficient (Wildman–Crippen LogP) is 2.02. The fourth-order valence-corrected chi connectivity index (χ4v) is 3.46. The number of benzene rings is 1. The van der Waals surface area contributed by atoms with Gasteiger partial charge < -0.3 is 24.4 Å². The number of carbonyl (C=O) groups excluding carboxylic acids is 3. The van der Waals surface area contributed by atoms with E-state index >= 15 is 0 Å². The summed E-state index contributed by atoms with van der Waals surface area (Å²) in [6.07, 6.45) is -1.12. The first kappa shape index (κ1) is 23.7. The minimum Gasteiger partial charge on any atom is -0.496 e. The van der Waals surface area contributed by atoms with Gasteiger partial charge in [-0.2, -0.15) is 0 Å². The van der Waals surface area contributed by atoms with Gasteiger partial charge in [0.1, 0.15) is 11.8 Å². The van der Waals surface area contributed by atoms with Crippen molar-refractivity contribution >= 4 is 17.8 Å². The molecule has 0 spiro atoms. The molecule has 2 amide bonds. The van der Waals surface area contributed by atoms with Crippen LogP contribution in [0.25, 0.3) is 0 Å². The lowest BCUT2D eigenvalue weighted by Crippen LogP contribution is -2.52. The Morgan fingerprint density at radius 1 is 1.10 bits per heavy atom. The largest absolute Gasteiger partial charge is 0.496 e. The summed E-state index contributed by atoms with van der Waals surface area (Å²) in [6, 6.07) is 5.85. The first-order chi connectivity index (χ1) is 14.1. The first-order valence-electron chi connectivity index (χ1n) is 10.2. The second-order valence-corrected chi connectivity index (χ2v) is 7.98. The Kier molecular flexibility index (Phi) is 8.23. The van der Waals surface area contributed by atoms with E-state index in [-0.39, 0.29) is 24.0 Å². The van der Waals surface area contributed by atoms with E-state index in [4.69, 9.17) is 14.2 Å². The SMILES string of the molecule is COc1ccccc1C(=O)N[C@@H](C(=O)O[C@H](C)C(=O)N1C[C@@H](C)O[C@@H](C)C1)C(C)C. The summed E-state index contributed by atoms with van der Waals surface area (Å²) < 4.78 is 16.3. The number of nitrogens with zero attached hydrogens (tertiary/aromatic N) is 1. The molecule has 1 saturated heterocycles. The van der Waals surface area contributed by atoms with Crippen molar-refractivity contribution in [2.75, 3.05) is 20.2 Å². The fourth-order valence-electron chi connectivity index (χ4n) is 3.46. The summed E-state index contributed by atoms with van der Waals surface area (Å²) in [4.78, 5) is 39.8. The molecule has 166 valence electrons. The van der Waals surface area contributed by atoms with Gasteiger partial charge in [0, 0.05) is 13.1 Å². The number of carbonyl (C=O) groups is 3. The standard InChI is InChI=1S/C22H32N2O6/c1-13(2)19(23-20(25)17-9-7-8-10-18(17)28-6)22(27)30-16(5)21(26)24-11-14(3)29-15(4)12-24/h7-10,13-16,19H,11-12H2,1-6H3,(H,23,25)/t14-,15+,16-,19-/m1/s1. The summed E-state index contributed by atoms with van der Waals surface area (Å²) in [5.74, 6) is -1.20. The minimum absolute atomic E-state index is 0.0795. The molecule has 0 bridgehead atoms. The van der Waals surface area contributed by atoms with Crippen molar-refractivity contribution in [1.82, 2.24) is 10.2 Å². The van der Waals surface area contributed by atoms with E-state index in [1.165, 1.54) is 7.11 Å². The molecule has 1 aliphatic rings. The van der Waals surface area contributed by atoms with Crippen molar-refractivity contribution < 1.29 is 28.6 Å². The molecule has 8 nitrogen and oxygen atoms in total. The molecule has 0 aromatic heterocycles. The quantitative estimate of drug-likeness (QED) is 0.679. The molecular formula is C22H32N2O6. The van der Waals surface area contributed by atoms with Crippen LogP contribution in [0.2, 0.25) is 0 Å². The molecule has 1 fully saturated rings. The van der Waals surface area contributed by atoms with Gasteiger partial charge in [-0.15, -0.1) is 0 Å². The highest BCUT2D eigenvalue weighted by Gasteiger charge is 2.33. The molecule has 30 heavy (non-hydrogen) atoms. The van der Waals surface area contributed by atoms with E-state index in [1.54, 1.807) is 49.9 Å². The highest BCUT2D eigenvalue weighted by Crippen LogP contribution is 2.18. The molecule has 1 N–H and O–H groups in total. The molecule has 4 atom stereocenters. The Hall–Kier alpha value is -2.61. The smallest absolute Gasteiger partial charge is 0.329 e. The Bertz CT molecular complexity index is 756. The van der Waals surface area contributed by atoms with Crippen molar-refractivity contribution in [3.05, 3.63) is 29.8 Å². The third kappa shape index (κ3) is 5.95. The van der Waals surface area contributed by atoms with Crippen LogP contribution in [0.15, 0.2) is 24.3 Å². The van der Waals surface area contributed by atoms with Crippen molar-refractivity contribution in [2.24, 2.45) is 5.92 Å². The third-order valence-electron chi connectivity index (χ3n) is 4.93. The van der Waals surface area contributed by atoms with Gasteiger partial charge in [-0.25, -0.2) is 4.79 Å². The summed E-state index contributed by atoms with van der Waals surface area (Å²) in [5, 5.41) is 2.71. The van der Waals surface area contributed by atoms with Crippen LogP contribution in [-0.2, 0) is 19.1 Å². The fraction of sp³-hybridized carbons (Fsp3) is 0.591. The average Bonchev–Trinajstić information content (AvgIpc) is 2.69. The van der Waals surface area contributed by atoms with Crippen molar-refractivity contribution in [2.45, 2.75) is 59.0 Å². The molecule has 2 rings (SSSR count). The predicted molar refractivity (Wildman–Crippen MR) is 111 cm³/mol. The van der Waals surface area contributed by atoms with E-state index in [9.17, 15) is 14.4 Å². The molecule has 0 unspecified atom stereocenters. The first-order valence-corrected chi connectivity index (χ1v) is 10.2. The topological polar surface area (TPSA) is 94.2 Å². The number of esters is 1. The van der Waals surface area contributed by atoms with Gasteiger partial charge in [-0.05, 0) is 38.8 Å². The maximum atomic E-state index is 12.8. The second kappa shape index (κ2) is 10.4. The average molecular weight is 421 g/mol. The maximum Gasteiger partial charge on any atom is 0.329 e. The zero-order valence-electron chi connectivity index (χ0n) is 18.5. The van der Waals surface area contributed by atoms with Gasteiger partial charge in [0.15, 0.2) is 6.10 Å². The number of rotatable bonds is 7. The molecule has 0 saturated carbocycles. The van der Waals surface area contributed by atoms with Gasteiger partial charge in [0.25, 0.3) is 11.8 Å². The Balaban J connectivity index is 2.04. The normalized spacial score (nSPS) is 21.0. The molecule has 1 aromatic carbocycles. The monoisotopic (exact) mass is 420 g/mol. The van der Waals surface area contributed by atoms with Gasteiger partial charge in [-0.1, -0.05) is 26.0 Å². The number of para-hydroxylation sites is 1. The van der Waals surface area contributed by atoms with Gasteiger partial charge in [-0.3, -0.25) is 9.59 Å². The van der Waals surface area contributed by atoms with Crippen LogP contribution in [0, 0.1) is 5.92 Å². The third-order valence-corrected chi connectivity index (χ3v) is 4.93. The summed E-state index contributed by atoms with van der Waals surface area (Å²) in [5.41, 5.74) is 0.318. The molecule has 8 heteroatoms. The van der Waals surface area contributed by atoms with Crippen LogP contribution in [0.4, 0.5) is 0 Å². The number of methoxy groups -OCH3 is 1. The highest BCUT2D eigenvalue weighted by molar-refractivity contribution is 5.99. The molecule has 1 aromatic rings. The van der Waals surface area contributed by atoms with Crippen LogP contribution >= 0.6 is 0 Å². The summed E-state index contributed by atoms with van der Waals surface area (Å²) >= 11 is 0. The Morgan fingerprint density at radius 3 is 2.27 bits per heavy atom. The van der Waals surface area contributed by atoms with Gasteiger partial charge in [0.2, 0.25) is 0 Å². The Morgan fingerprint density at radius 2 is 1.70 bits per heavy atom. The van der Waals surface area contributed by atoms with E-state index in [0.29, 0.717) is 24.4 Å². The molecule has 1 heterocycles.